The molecule has 0 aromatic carbocycles. The fourth-order valence-corrected chi connectivity index (χ4v) is 4.75. The Bertz CT molecular complexity index is 1650. The summed E-state index contributed by atoms with van der Waals surface area (Å²) >= 11 is 0. The van der Waals surface area contributed by atoms with Gasteiger partial charge in [0, 0.05) is 32.4 Å². The number of ether oxygens (including phenoxy) is 4. The molecule has 0 saturated carbocycles. The van der Waals surface area contributed by atoms with Crippen molar-refractivity contribution in [1.82, 2.24) is 10.6 Å². The SMILES string of the molecule is CC(C)(C)OC(=O)CCCN.CC(C)(C)OC(=O)CCCNC(=O)[C@H](O)[C@@H](O)[C@@H](O)[C@H](O)C(=O)CCCNC(=O)OC(C)(C)C.COC(=O)[C@H](O)[C@@H](O)[C@@H](O)[C@H](O)C(C)=O.O=C(O)[C@@H](O)[C@H](O)[C@H](O)[C@@H](O)C(=O)O. The number of carboxylic acid groups (broad SMARTS) is 2. The second kappa shape index (κ2) is 36.8. The second-order valence-electron chi connectivity index (χ2n) is 18.9. The fourth-order valence-electron chi connectivity index (χ4n) is 4.75. The lowest BCUT2D eigenvalue weighted by Gasteiger charge is -2.25. The number of carboxylic acids is 2. The maximum absolute atomic E-state index is 12.0. The largest absolute Gasteiger partial charge is 0.479 e. The van der Waals surface area contributed by atoms with Crippen LogP contribution in [-0.4, -0.2) is 242 Å². The van der Waals surface area contributed by atoms with E-state index in [9.17, 15) is 73.8 Å². The molecule has 0 aliphatic heterocycles. The van der Waals surface area contributed by atoms with Crippen molar-refractivity contribution in [1.29, 1.82) is 0 Å². The summed E-state index contributed by atoms with van der Waals surface area (Å²) in [6, 6.07) is 0. The predicted molar refractivity (Wildman–Crippen MR) is 251 cm³/mol. The first-order chi connectivity index (χ1) is 33.5. The fraction of sp³-hybridized carbons (Fsp3) is 0.795. The summed E-state index contributed by atoms with van der Waals surface area (Å²) in [5, 5.41) is 133. The zero-order valence-electron chi connectivity index (χ0n) is 43.4. The maximum Gasteiger partial charge on any atom is 0.407 e. The Labute approximate surface area is 427 Å². The molecule has 434 valence electrons. The van der Waals surface area contributed by atoms with Crippen molar-refractivity contribution < 1.29 is 134 Å². The highest BCUT2D eigenvalue weighted by Gasteiger charge is 2.39. The molecule has 0 aliphatic rings. The van der Waals surface area contributed by atoms with E-state index in [0.29, 0.717) is 19.4 Å². The molecule has 0 spiro atoms. The molecule has 0 radical (unpaired) electrons. The quantitative estimate of drug-likeness (QED) is 0.0218. The number of esters is 3. The molecule has 0 heterocycles. The van der Waals surface area contributed by atoms with Crippen molar-refractivity contribution in [3.63, 3.8) is 0 Å². The average molecular weight is 1080 g/mol. The van der Waals surface area contributed by atoms with E-state index >= 15 is 0 Å². The Balaban J connectivity index is -0.000000503. The molecule has 0 saturated heterocycles. The van der Waals surface area contributed by atoms with Gasteiger partial charge in [-0.25, -0.2) is 19.2 Å². The zero-order chi connectivity index (χ0) is 59.2. The highest BCUT2D eigenvalue weighted by atomic mass is 16.6. The van der Waals surface area contributed by atoms with Crippen LogP contribution in [0.2, 0.25) is 0 Å². The number of ketones is 2. The first-order valence-corrected chi connectivity index (χ1v) is 22.6. The van der Waals surface area contributed by atoms with E-state index in [0.717, 1.165) is 14.0 Å². The van der Waals surface area contributed by atoms with E-state index in [-0.39, 0.29) is 50.3 Å². The van der Waals surface area contributed by atoms with Crippen molar-refractivity contribution in [3.8, 4) is 0 Å². The molecule has 74 heavy (non-hydrogen) atoms. The lowest BCUT2D eigenvalue weighted by Crippen LogP contribution is -2.52. The van der Waals surface area contributed by atoms with E-state index in [2.05, 4.69) is 15.4 Å². The van der Waals surface area contributed by atoms with Gasteiger partial charge in [0.2, 0.25) is 0 Å². The maximum atomic E-state index is 12.0. The van der Waals surface area contributed by atoms with Crippen LogP contribution in [0.25, 0.3) is 0 Å². The second-order valence-corrected chi connectivity index (χ2v) is 18.9. The summed E-state index contributed by atoms with van der Waals surface area (Å²) in [5.74, 6) is -8.15. The van der Waals surface area contributed by atoms with Crippen LogP contribution in [0.1, 0.15) is 108 Å². The molecule has 0 bridgehead atoms. The number of aliphatic carboxylic acids is 2. The number of alkyl carbamates (subject to hydrolysis) is 1. The Kier molecular flexibility index (Phi) is 37.5. The van der Waals surface area contributed by atoms with Crippen molar-refractivity contribution in [2.75, 3.05) is 26.7 Å². The number of aliphatic hydroxyl groups is 12. The van der Waals surface area contributed by atoms with Crippen molar-refractivity contribution in [2.24, 2.45) is 5.73 Å². The molecule has 18 N–H and O–H groups in total. The molecule has 12 atom stereocenters. The number of amides is 2. The van der Waals surface area contributed by atoms with Gasteiger partial charge in [-0.05, 0) is 95.0 Å². The molecular weight excluding hydrogens is 1000 g/mol. The van der Waals surface area contributed by atoms with Gasteiger partial charge in [-0.15, -0.1) is 0 Å². The Hall–Kier alpha value is -5.09. The Morgan fingerprint density at radius 2 is 0.797 bits per heavy atom. The van der Waals surface area contributed by atoms with Gasteiger partial charge in [0.15, 0.2) is 36.0 Å². The van der Waals surface area contributed by atoms with Gasteiger partial charge in [-0.3, -0.25) is 24.0 Å². The molecule has 0 unspecified atom stereocenters. The summed E-state index contributed by atoms with van der Waals surface area (Å²) in [6.07, 6.45) is -24.9. The summed E-state index contributed by atoms with van der Waals surface area (Å²) in [5.41, 5.74) is 3.55. The number of nitrogens with two attached hydrogens (primary N) is 1. The van der Waals surface area contributed by atoms with Crippen LogP contribution in [0, 0.1) is 0 Å². The average Bonchev–Trinajstić information content (AvgIpc) is 3.28. The Morgan fingerprint density at radius 1 is 0.459 bits per heavy atom. The van der Waals surface area contributed by atoms with Gasteiger partial charge >= 0.3 is 35.9 Å². The summed E-state index contributed by atoms with van der Waals surface area (Å²) in [7, 11) is 0.978. The minimum absolute atomic E-state index is 0.00984. The first-order valence-electron chi connectivity index (χ1n) is 22.6. The van der Waals surface area contributed by atoms with Crippen LogP contribution in [0.4, 0.5) is 4.79 Å². The molecule has 0 aromatic rings. The van der Waals surface area contributed by atoms with Gasteiger partial charge in [-0.1, -0.05) is 0 Å². The molecule has 2 amide bonds. The van der Waals surface area contributed by atoms with Crippen LogP contribution in [0.5, 0.6) is 0 Å². The highest BCUT2D eigenvalue weighted by molar-refractivity contribution is 5.85. The number of nitrogens with one attached hydrogen (secondary N) is 2. The number of carbonyl (C=O) groups excluding carboxylic acids is 7. The number of rotatable bonds is 26. The van der Waals surface area contributed by atoms with E-state index in [1.54, 1.807) is 41.5 Å². The number of methoxy groups -OCH3 is 1. The molecule has 0 fully saturated rings. The van der Waals surface area contributed by atoms with Crippen LogP contribution in [-0.2, 0) is 57.3 Å². The molecule has 0 aromatic heterocycles. The lowest BCUT2D eigenvalue weighted by molar-refractivity contribution is -0.172. The first kappa shape index (κ1) is 75.4. The molecule has 0 rings (SSSR count). The molecular formula is C44H81N3O27. The number of hydrogen-bond acceptors (Lipinski definition) is 26. The smallest absolute Gasteiger partial charge is 0.407 e. The number of carbonyl (C=O) groups is 9. The third-order valence-corrected chi connectivity index (χ3v) is 8.50. The summed E-state index contributed by atoms with van der Waals surface area (Å²) in [4.78, 5) is 99.6. The highest BCUT2D eigenvalue weighted by Crippen LogP contribution is 2.13. The van der Waals surface area contributed by atoms with Crippen molar-refractivity contribution in [3.05, 3.63) is 0 Å². The number of hydrogen-bond donors (Lipinski definition) is 17. The minimum atomic E-state index is -2.36. The van der Waals surface area contributed by atoms with E-state index in [4.69, 9.17) is 60.8 Å². The summed E-state index contributed by atoms with van der Waals surface area (Å²) < 4.78 is 19.3. The number of Topliss-reactive ketones (excluding diaryl/α,β-unsaturated/α-hetero) is 2. The normalized spacial score (nSPS) is 16.3. The summed E-state index contributed by atoms with van der Waals surface area (Å²) in [6.45, 7) is 17.4. The third-order valence-electron chi connectivity index (χ3n) is 8.50. The van der Waals surface area contributed by atoms with Crippen molar-refractivity contribution in [2.45, 2.75) is 198 Å². The molecule has 30 nitrogen and oxygen atoms in total. The number of aliphatic hydroxyl groups excluding tert-OH is 12. The van der Waals surface area contributed by atoms with E-state index in [1.807, 2.05) is 20.8 Å². The lowest BCUT2D eigenvalue weighted by atomic mass is 9.97. The molecule has 30 heteroatoms. The van der Waals surface area contributed by atoms with Gasteiger partial charge in [0.05, 0.1) is 7.11 Å². The minimum Gasteiger partial charge on any atom is -0.479 e. The zero-order valence-corrected chi connectivity index (χ0v) is 43.4. The van der Waals surface area contributed by atoms with Gasteiger partial charge in [0.1, 0.15) is 65.6 Å². The monoisotopic (exact) mass is 1080 g/mol. The standard InChI is InChI=1S/C22H40N2O10.C8H17NO2.C8H14O7.C6H10O8/c1-21(2,3)33-14(26)10-8-11-23-19(31)18(30)17(29)16(28)15(27)13(25)9-7-12-24-20(32)34-22(4,5)6;1-8(2,3)11-7(10)5-4-6-9;1-3(9)4(10)5(11)6(12)7(13)8(14)15-2;7-1(3(9)5(11)12)2(8)4(10)6(13)14/h15-18,27-30H,7-12H2,1-6H3,(H,23,31)(H,24,32);4-6,9H2,1-3H3;4-7,10-13H,1-2H3;1-4,7-10H,(H,11,12)(H,13,14)/t15-,16+,17+,18-;;4-,5+,6+,7-;1-,2+,3+,4-/m1.1./s1. The van der Waals surface area contributed by atoms with Gasteiger partial charge in [-0.2, -0.15) is 0 Å². The van der Waals surface area contributed by atoms with Gasteiger partial charge in [0.25, 0.3) is 5.91 Å². The van der Waals surface area contributed by atoms with E-state index in [1.165, 1.54) is 0 Å². The van der Waals surface area contributed by atoms with Crippen molar-refractivity contribution >= 4 is 53.4 Å². The van der Waals surface area contributed by atoms with Crippen LogP contribution < -0.4 is 16.4 Å². The predicted octanol–water partition coefficient (Wildman–Crippen LogP) is -5.60. The van der Waals surface area contributed by atoms with Gasteiger partial charge < -0.3 is 107 Å². The van der Waals surface area contributed by atoms with Crippen LogP contribution >= 0.6 is 0 Å². The van der Waals surface area contributed by atoms with E-state index < -0.39 is 132 Å². The van der Waals surface area contributed by atoms with Crippen LogP contribution in [0.15, 0.2) is 0 Å². The molecule has 0 aliphatic carbocycles. The Morgan fingerprint density at radius 3 is 1.16 bits per heavy atom. The third kappa shape index (κ3) is 36.0. The van der Waals surface area contributed by atoms with Crippen LogP contribution in [0.3, 0.4) is 0 Å². The topological polar surface area (TPSA) is 524 Å².